The van der Waals surface area contributed by atoms with Gasteiger partial charge in [-0.15, -0.1) is 0 Å². The lowest BCUT2D eigenvalue weighted by atomic mass is 9.93. The maximum absolute atomic E-state index is 11.3. The van der Waals surface area contributed by atoms with Gasteiger partial charge in [0.2, 0.25) is 0 Å². The van der Waals surface area contributed by atoms with Gasteiger partial charge >= 0.3 is 0 Å². The molecule has 17 heavy (non-hydrogen) atoms. The van der Waals surface area contributed by atoms with E-state index in [1.165, 1.54) is 5.56 Å². The Morgan fingerprint density at radius 1 is 1.29 bits per heavy atom. The van der Waals surface area contributed by atoms with E-state index >= 15 is 0 Å². The van der Waals surface area contributed by atoms with Crippen LogP contribution in [0.3, 0.4) is 0 Å². The highest BCUT2D eigenvalue weighted by atomic mass is 127. The summed E-state index contributed by atoms with van der Waals surface area (Å²) in [5, 5.41) is 0. The van der Waals surface area contributed by atoms with E-state index in [9.17, 15) is 4.79 Å². The van der Waals surface area contributed by atoms with Crippen molar-refractivity contribution < 1.29 is 4.79 Å². The molecule has 0 spiro atoms. The molecular weight excluding hydrogens is 325 g/mol. The molecule has 2 rings (SSSR count). The van der Waals surface area contributed by atoms with E-state index in [0.717, 1.165) is 25.9 Å². The molecule has 1 unspecified atom stereocenters. The van der Waals surface area contributed by atoms with Gasteiger partial charge in [0.05, 0.1) is 4.05 Å². The first kappa shape index (κ1) is 13.0. The minimum absolute atomic E-state index is 0.297. The monoisotopic (exact) mass is 343 g/mol. The molecule has 1 aliphatic heterocycles. The van der Waals surface area contributed by atoms with Gasteiger partial charge in [-0.3, -0.25) is 9.69 Å². The first-order valence-electron chi connectivity index (χ1n) is 6.12. The molecule has 92 valence electrons. The van der Waals surface area contributed by atoms with Crippen molar-refractivity contribution in [2.75, 3.05) is 13.1 Å². The van der Waals surface area contributed by atoms with Crippen LogP contribution in [0, 0.1) is 5.92 Å². The van der Waals surface area contributed by atoms with E-state index in [1.54, 1.807) is 6.92 Å². The van der Waals surface area contributed by atoms with Crippen LogP contribution >= 0.6 is 22.6 Å². The molecule has 1 saturated heterocycles. The molecule has 1 aromatic rings. The van der Waals surface area contributed by atoms with Crippen LogP contribution in [0.15, 0.2) is 30.3 Å². The van der Waals surface area contributed by atoms with Crippen molar-refractivity contribution in [3.63, 3.8) is 0 Å². The van der Waals surface area contributed by atoms with Gasteiger partial charge in [0.25, 0.3) is 0 Å². The molecule has 1 fully saturated rings. The number of alkyl halides is 1. The van der Waals surface area contributed by atoms with Gasteiger partial charge in [0.15, 0.2) is 0 Å². The number of halogens is 1. The Hall–Kier alpha value is -0.420. The summed E-state index contributed by atoms with van der Waals surface area (Å²) in [6.07, 6.45) is 2.03. The van der Waals surface area contributed by atoms with Crippen molar-refractivity contribution in [3.05, 3.63) is 35.9 Å². The molecule has 0 saturated carbocycles. The van der Waals surface area contributed by atoms with Crippen molar-refractivity contribution >= 4 is 28.4 Å². The molecule has 0 radical (unpaired) electrons. The molecule has 2 nitrogen and oxygen atoms in total. The van der Waals surface area contributed by atoms with Crippen LogP contribution in [0.2, 0.25) is 0 Å². The topological polar surface area (TPSA) is 20.3 Å². The van der Waals surface area contributed by atoms with Crippen molar-refractivity contribution in [2.45, 2.75) is 23.8 Å². The number of carbonyl (C=O) groups is 1. The third-order valence-corrected chi connectivity index (χ3v) is 5.01. The van der Waals surface area contributed by atoms with E-state index in [4.69, 9.17) is 0 Å². The van der Waals surface area contributed by atoms with Gasteiger partial charge in [-0.2, -0.15) is 0 Å². The van der Waals surface area contributed by atoms with Gasteiger partial charge in [0.1, 0.15) is 5.78 Å². The Bertz CT molecular complexity index is 371. The smallest absolute Gasteiger partial charge is 0.133 e. The predicted octanol–water partition coefficient (Wildman–Crippen LogP) is 3.42. The zero-order chi connectivity index (χ0) is 12.3. The molecule has 3 heteroatoms. The molecule has 1 atom stereocenters. The molecule has 0 bridgehead atoms. The normalized spacial score (nSPS) is 20.1. The second-order valence-electron chi connectivity index (χ2n) is 4.67. The fourth-order valence-electron chi connectivity index (χ4n) is 2.36. The molecule has 0 aliphatic carbocycles. The number of piperidine rings is 1. The first-order chi connectivity index (χ1) is 8.18. The number of nitrogens with zero attached hydrogens (tertiary/aromatic N) is 1. The minimum Gasteiger partial charge on any atom is -0.300 e. The summed E-state index contributed by atoms with van der Waals surface area (Å²) in [6, 6.07) is 10.6. The maximum atomic E-state index is 11.3. The molecule has 1 aromatic carbocycles. The number of rotatable bonds is 3. The van der Waals surface area contributed by atoms with Crippen molar-refractivity contribution in [3.8, 4) is 0 Å². The van der Waals surface area contributed by atoms with E-state index in [2.05, 4.69) is 57.8 Å². The van der Waals surface area contributed by atoms with Gasteiger partial charge in [0, 0.05) is 19.0 Å². The average Bonchev–Trinajstić information content (AvgIpc) is 2.39. The fourth-order valence-corrected chi connectivity index (χ4v) is 3.33. The molecule has 0 amide bonds. The van der Waals surface area contributed by atoms with Crippen LogP contribution in [0.1, 0.15) is 29.4 Å². The van der Waals surface area contributed by atoms with Gasteiger partial charge in [-0.25, -0.2) is 0 Å². The lowest BCUT2D eigenvalue weighted by Gasteiger charge is -2.34. The Balaban J connectivity index is 1.95. The van der Waals surface area contributed by atoms with Gasteiger partial charge < -0.3 is 0 Å². The molecule has 0 N–H and O–H groups in total. The Kier molecular flexibility index (Phi) is 4.56. The zero-order valence-electron chi connectivity index (χ0n) is 10.1. The summed E-state index contributed by atoms with van der Waals surface area (Å²) in [5.41, 5.74) is 1.36. The van der Waals surface area contributed by atoms with E-state index in [1.807, 2.05) is 0 Å². The van der Waals surface area contributed by atoms with Gasteiger partial charge in [-0.1, -0.05) is 52.9 Å². The van der Waals surface area contributed by atoms with Gasteiger partial charge in [-0.05, 0) is 25.3 Å². The third kappa shape index (κ3) is 3.28. The summed E-state index contributed by atoms with van der Waals surface area (Å²) >= 11 is 2.49. The van der Waals surface area contributed by atoms with Crippen molar-refractivity contribution in [1.29, 1.82) is 0 Å². The Labute approximate surface area is 117 Å². The minimum atomic E-state index is 0.297. The number of likely N-dealkylation sites (tertiary alicyclic amines) is 1. The van der Waals surface area contributed by atoms with Crippen LogP contribution < -0.4 is 0 Å². The van der Waals surface area contributed by atoms with Crippen LogP contribution in [-0.2, 0) is 4.79 Å². The Morgan fingerprint density at radius 2 is 1.88 bits per heavy atom. The Morgan fingerprint density at radius 3 is 2.41 bits per heavy atom. The van der Waals surface area contributed by atoms with E-state index in [-0.39, 0.29) is 0 Å². The third-order valence-electron chi connectivity index (χ3n) is 3.50. The highest BCUT2D eigenvalue weighted by molar-refractivity contribution is 14.1. The van der Waals surface area contributed by atoms with Crippen molar-refractivity contribution in [1.82, 2.24) is 4.90 Å². The van der Waals surface area contributed by atoms with Crippen LogP contribution in [0.25, 0.3) is 0 Å². The summed E-state index contributed by atoms with van der Waals surface area (Å²) in [6.45, 7) is 3.79. The highest BCUT2D eigenvalue weighted by Gasteiger charge is 2.26. The lowest BCUT2D eigenvalue weighted by Crippen LogP contribution is -2.36. The predicted molar refractivity (Wildman–Crippen MR) is 78.2 cm³/mol. The fraction of sp³-hybridized carbons (Fsp3) is 0.500. The molecular formula is C14H18INO. The number of hydrogen-bond donors (Lipinski definition) is 0. The second-order valence-corrected chi connectivity index (χ2v) is 5.85. The highest BCUT2D eigenvalue weighted by Crippen LogP contribution is 2.31. The van der Waals surface area contributed by atoms with E-state index < -0.39 is 0 Å². The average molecular weight is 343 g/mol. The summed E-state index contributed by atoms with van der Waals surface area (Å²) < 4.78 is 0.432. The number of ketones is 1. The number of carbonyl (C=O) groups excluding carboxylic acids is 1. The second kappa shape index (κ2) is 5.96. The van der Waals surface area contributed by atoms with Crippen molar-refractivity contribution in [2.24, 2.45) is 5.92 Å². The number of Topliss-reactive ketones (excluding diaryl/α,β-unsaturated/α-hetero) is 1. The van der Waals surface area contributed by atoms with E-state index in [0.29, 0.717) is 15.7 Å². The largest absolute Gasteiger partial charge is 0.300 e. The molecule has 0 aromatic heterocycles. The number of hydrogen-bond acceptors (Lipinski definition) is 2. The SMILES string of the molecule is CC(=O)C1CCN(C(I)c2ccccc2)CC1. The summed E-state index contributed by atoms with van der Waals surface area (Å²) in [4.78, 5) is 13.8. The van der Waals surface area contributed by atoms with Crippen LogP contribution in [-0.4, -0.2) is 23.8 Å². The first-order valence-corrected chi connectivity index (χ1v) is 7.36. The zero-order valence-corrected chi connectivity index (χ0v) is 12.3. The quantitative estimate of drug-likeness (QED) is 0.476. The number of benzene rings is 1. The molecule has 1 heterocycles. The van der Waals surface area contributed by atoms with Crippen LogP contribution in [0.4, 0.5) is 0 Å². The standard InChI is InChI=1S/C14H18INO/c1-11(17)12-7-9-16(10-8-12)14(15)13-5-3-2-4-6-13/h2-6,12,14H,7-10H2,1H3. The summed E-state index contributed by atoms with van der Waals surface area (Å²) in [7, 11) is 0. The van der Waals surface area contributed by atoms with Crippen LogP contribution in [0.5, 0.6) is 0 Å². The summed E-state index contributed by atoms with van der Waals surface area (Å²) in [5.74, 6) is 0.653. The maximum Gasteiger partial charge on any atom is 0.133 e. The lowest BCUT2D eigenvalue weighted by molar-refractivity contribution is -0.122. The molecule has 1 aliphatic rings.